The molecular weight excluding hydrogens is 284 g/mol. The first kappa shape index (κ1) is 14.2. The van der Waals surface area contributed by atoms with Crippen LogP contribution in [0.15, 0.2) is 15.5 Å². The van der Waals surface area contributed by atoms with Gasteiger partial charge in [0, 0.05) is 13.1 Å². The second kappa shape index (κ2) is 5.64. The smallest absolute Gasteiger partial charge is 0.280 e. The maximum Gasteiger partial charge on any atom is 0.280 e. The predicted molar refractivity (Wildman–Crippen MR) is 73.4 cm³/mol. The van der Waals surface area contributed by atoms with Crippen molar-refractivity contribution in [3.05, 3.63) is 21.0 Å². The highest BCUT2D eigenvalue weighted by Crippen LogP contribution is 2.20. The van der Waals surface area contributed by atoms with E-state index in [0.29, 0.717) is 4.47 Å². The number of H-pyrrole nitrogens is 1. The van der Waals surface area contributed by atoms with Crippen LogP contribution in [0.3, 0.4) is 0 Å². The highest BCUT2D eigenvalue weighted by Gasteiger charge is 2.19. The number of aromatic amines is 1. The summed E-state index contributed by atoms with van der Waals surface area (Å²) in [4.78, 5) is 13.5. The van der Waals surface area contributed by atoms with Crippen molar-refractivity contribution in [3.8, 4) is 0 Å². The van der Waals surface area contributed by atoms with Gasteiger partial charge in [-0.2, -0.15) is 5.10 Å². The molecule has 96 valence electrons. The molecule has 0 aromatic carbocycles. The molecule has 1 aromatic heterocycles. The topological polar surface area (TPSA) is 61.0 Å². The Hall–Kier alpha value is -0.880. The highest BCUT2D eigenvalue weighted by molar-refractivity contribution is 9.10. The first-order valence-electron chi connectivity index (χ1n) is 5.43. The van der Waals surface area contributed by atoms with Crippen LogP contribution in [0.2, 0.25) is 0 Å². The summed E-state index contributed by atoms with van der Waals surface area (Å²) in [6, 6.07) is 0. The van der Waals surface area contributed by atoms with Gasteiger partial charge in [0.2, 0.25) is 0 Å². The molecule has 0 aliphatic heterocycles. The predicted octanol–water partition coefficient (Wildman–Crippen LogP) is 1.53. The van der Waals surface area contributed by atoms with Crippen LogP contribution in [-0.4, -0.2) is 42.3 Å². The van der Waals surface area contributed by atoms with Gasteiger partial charge in [-0.05, 0) is 35.4 Å². The van der Waals surface area contributed by atoms with E-state index in [9.17, 15) is 4.79 Å². The second-order valence-electron chi connectivity index (χ2n) is 5.18. The minimum atomic E-state index is -0.222. The number of aromatic nitrogens is 2. The van der Waals surface area contributed by atoms with E-state index >= 15 is 0 Å². The molecule has 6 heteroatoms. The van der Waals surface area contributed by atoms with Gasteiger partial charge in [0.1, 0.15) is 4.47 Å². The van der Waals surface area contributed by atoms with E-state index in [0.717, 1.165) is 18.8 Å². The van der Waals surface area contributed by atoms with Gasteiger partial charge in [0.25, 0.3) is 5.56 Å². The second-order valence-corrected chi connectivity index (χ2v) is 5.98. The first-order valence-corrected chi connectivity index (χ1v) is 6.23. The molecule has 0 aliphatic rings. The molecular formula is C11H19BrN4O. The minimum absolute atomic E-state index is 0.117. The number of hydrogen-bond donors (Lipinski definition) is 2. The molecule has 0 atom stereocenters. The van der Waals surface area contributed by atoms with Crippen molar-refractivity contribution in [2.45, 2.75) is 13.8 Å². The van der Waals surface area contributed by atoms with E-state index in [1.807, 2.05) is 14.1 Å². The van der Waals surface area contributed by atoms with Crippen LogP contribution < -0.4 is 10.9 Å². The summed E-state index contributed by atoms with van der Waals surface area (Å²) in [5.74, 6) is 0. The minimum Gasteiger partial charge on any atom is -0.382 e. The fourth-order valence-electron chi connectivity index (χ4n) is 1.75. The molecule has 1 aromatic rings. The molecule has 0 amide bonds. The molecule has 0 bridgehead atoms. The van der Waals surface area contributed by atoms with Crippen molar-refractivity contribution in [3.63, 3.8) is 0 Å². The Morgan fingerprint density at radius 1 is 1.53 bits per heavy atom. The van der Waals surface area contributed by atoms with Gasteiger partial charge < -0.3 is 10.2 Å². The fraction of sp³-hybridized carbons (Fsp3) is 0.636. The van der Waals surface area contributed by atoms with Gasteiger partial charge in [-0.25, -0.2) is 5.10 Å². The van der Waals surface area contributed by atoms with Crippen molar-refractivity contribution in [2.24, 2.45) is 5.41 Å². The molecule has 0 fully saturated rings. The molecule has 5 nitrogen and oxygen atoms in total. The largest absolute Gasteiger partial charge is 0.382 e. The number of rotatable bonds is 5. The van der Waals surface area contributed by atoms with Crippen molar-refractivity contribution in [1.29, 1.82) is 0 Å². The van der Waals surface area contributed by atoms with Gasteiger partial charge in [0.05, 0.1) is 11.9 Å². The normalized spacial score (nSPS) is 11.9. The van der Waals surface area contributed by atoms with Gasteiger partial charge in [-0.3, -0.25) is 4.79 Å². The summed E-state index contributed by atoms with van der Waals surface area (Å²) >= 11 is 3.24. The van der Waals surface area contributed by atoms with Crippen LogP contribution >= 0.6 is 15.9 Å². The average Bonchev–Trinajstić information content (AvgIpc) is 2.18. The SMILES string of the molecule is CN(C)CC(C)(C)CNc1cn[nH]c(=O)c1Br. The Balaban J connectivity index is 2.67. The lowest BCUT2D eigenvalue weighted by Gasteiger charge is -2.28. The van der Waals surface area contributed by atoms with Crippen LogP contribution in [0.4, 0.5) is 5.69 Å². The van der Waals surface area contributed by atoms with Crippen molar-refractivity contribution in [2.75, 3.05) is 32.5 Å². The zero-order valence-corrected chi connectivity index (χ0v) is 12.3. The van der Waals surface area contributed by atoms with Crippen LogP contribution in [0.1, 0.15) is 13.8 Å². The number of nitrogens with one attached hydrogen (secondary N) is 2. The molecule has 1 rings (SSSR count). The Labute approximate surface area is 110 Å². The highest BCUT2D eigenvalue weighted by atomic mass is 79.9. The van der Waals surface area contributed by atoms with Crippen LogP contribution in [0.5, 0.6) is 0 Å². The Bertz CT molecular complexity index is 428. The van der Waals surface area contributed by atoms with Gasteiger partial charge in [-0.1, -0.05) is 13.8 Å². The lowest BCUT2D eigenvalue weighted by Crippen LogP contribution is -2.34. The molecule has 0 saturated carbocycles. The van der Waals surface area contributed by atoms with E-state index in [2.05, 4.69) is 50.2 Å². The number of nitrogens with zero attached hydrogens (tertiary/aromatic N) is 2. The zero-order chi connectivity index (χ0) is 13.1. The number of hydrogen-bond acceptors (Lipinski definition) is 4. The Morgan fingerprint density at radius 2 is 2.18 bits per heavy atom. The standard InChI is InChI=1S/C11H19BrN4O/c1-11(2,7-16(3)4)6-13-8-5-14-15-10(17)9(8)12/h5H,6-7H2,1-4H3,(H2,13,15,17). The molecule has 0 saturated heterocycles. The fourth-order valence-corrected chi connectivity index (χ4v) is 2.08. The first-order chi connectivity index (χ1) is 7.82. The van der Waals surface area contributed by atoms with Crippen LogP contribution in [0.25, 0.3) is 0 Å². The van der Waals surface area contributed by atoms with E-state index in [4.69, 9.17) is 0 Å². The van der Waals surface area contributed by atoms with Crippen LogP contribution in [0, 0.1) is 5.41 Å². The molecule has 2 N–H and O–H groups in total. The average molecular weight is 303 g/mol. The molecule has 17 heavy (non-hydrogen) atoms. The van der Waals surface area contributed by atoms with Crippen LogP contribution in [-0.2, 0) is 0 Å². The maximum absolute atomic E-state index is 11.3. The van der Waals surface area contributed by atoms with E-state index in [1.165, 1.54) is 0 Å². The molecule has 0 aliphatic carbocycles. The summed E-state index contributed by atoms with van der Waals surface area (Å²) in [6.45, 7) is 6.09. The maximum atomic E-state index is 11.3. The summed E-state index contributed by atoms with van der Waals surface area (Å²) < 4.78 is 0.494. The third-order valence-electron chi connectivity index (χ3n) is 2.30. The molecule has 0 radical (unpaired) electrons. The van der Waals surface area contributed by atoms with Gasteiger partial charge in [-0.15, -0.1) is 0 Å². The monoisotopic (exact) mass is 302 g/mol. The van der Waals surface area contributed by atoms with Gasteiger partial charge in [0.15, 0.2) is 0 Å². The molecule has 1 heterocycles. The van der Waals surface area contributed by atoms with Crippen molar-refractivity contribution < 1.29 is 0 Å². The lowest BCUT2D eigenvalue weighted by atomic mass is 9.93. The van der Waals surface area contributed by atoms with Crippen molar-refractivity contribution in [1.82, 2.24) is 15.1 Å². The summed E-state index contributed by atoms with van der Waals surface area (Å²) in [5, 5.41) is 9.38. The summed E-state index contributed by atoms with van der Waals surface area (Å²) in [5.41, 5.74) is 0.618. The van der Waals surface area contributed by atoms with E-state index in [1.54, 1.807) is 6.20 Å². The third kappa shape index (κ3) is 4.47. The van der Waals surface area contributed by atoms with Gasteiger partial charge >= 0.3 is 0 Å². The number of halogens is 1. The van der Waals surface area contributed by atoms with E-state index in [-0.39, 0.29) is 11.0 Å². The third-order valence-corrected chi connectivity index (χ3v) is 3.08. The quantitative estimate of drug-likeness (QED) is 0.866. The Morgan fingerprint density at radius 3 is 2.76 bits per heavy atom. The summed E-state index contributed by atoms with van der Waals surface area (Å²) in [7, 11) is 4.10. The van der Waals surface area contributed by atoms with Crippen molar-refractivity contribution >= 4 is 21.6 Å². The molecule has 0 unspecified atom stereocenters. The lowest BCUT2D eigenvalue weighted by molar-refractivity contribution is 0.254. The molecule has 0 spiro atoms. The van der Waals surface area contributed by atoms with E-state index < -0.39 is 0 Å². The number of anilines is 1. The Kier molecular flexibility index (Phi) is 4.70. The summed E-state index contributed by atoms with van der Waals surface area (Å²) in [6.07, 6.45) is 1.61. The zero-order valence-electron chi connectivity index (χ0n) is 10.7.